The van der Waals surface area contributed by atoms with Crippen molar-refractivity contribution in [1.82, 2.24) is 14.1 Å². The van der Waals surface area contributed by atoms with Crippen molar-refractivity contribution in [2.24, 2.45) is 0 Å². The number of hydrogen-bond donors (Lipinski definition) is 0. The molecule has 168 valence electrons. The van der Waals surface area contributed by atoms with Gasteiger partial charge in [0.25, 0.3) is 0 Å². The zero-order chi connectivity index (χ0) is 21.6. The molecule has 0 radical (unpaired) electrons. The second kappa shape index (κ2) is 10.6. The van der Waals surface area contributed by atoms with E-state index in [1.165, 1.54) is 19.3 Å². The molecule has 0 spiro atoms. The Kier molecular flexibility index (Phi) is 8.13. The number of rotatable bonds is 10. The van der Waals surface area contributed by atoms with E-state index in [0.29, 0.717) is 32.5 Å². The molecule has 2 saturated heterocycles. The summed E-state index contributed by atoms with van der Waals surface area (Å²) >= 11 is 0. The fraction of sp³-hybridized carbons (Fsp3) is 0.682. The average Bonchev–Trinajstić information content (AvgIpc) is 2.74. The number of benzene rings is 1. The average molecular weight is 438 g/mol. The molecule has 7 nitrogen and oxygen atoms in total. The van der Waals surface area contributed by atoms with E-state index in [9.17, 15) is 13.2 Å². The molecular weight excluding hydrogens is 402 g/mol. The lowest BCUT2D eigenvalue weighted by molar-refractivity contribution is -0.137. The third kappa shape index (κ3) is 5.95. The van der Waals surface area contributed by atoms with Gasteiger partial charge in [-0.25, -0.2) is 8.42 Å². The van der Waals surface area contributed by atoms with Gasteiger partial charge in [-0.1, -0.05) is 18.6 Å². The van der Waals surface area contributed by atoms with E-state index >= 15 is 0 Å². The number of likely N-dealkylation sites (tertiary alicyclic amines) is 2. The summed E-state index contributed by atoms with van der Waals surface area (Å²) in [7, 11) is -1.64. The third-order valence-corrected chi connectivity index (χ3v) is 8.14. The summed E-state index contributed by atoms with van der Waals surface area (Å²) in [5, 5.41) is 0. The summed E-state index contributed by atoms with van der Waals surface area (Å²) in [6.07, 6.45) is 4.77. The molecule has 0 aromatic heterocycles. The lowest BCUT2D eigenvalue weighted by atomic mass is 10.1. The van der Waals surface area contributed by atoms with Crippen LogP contribution in [-0.2, 0) is 21.2 Å². The molecule has 1 aromatic carbocycles. The summed E-state index contributed by atoms with van der Waals surface area (Å²) in [6.45, 7) is 6.11. The van der Waals surface area contributed by atoms with Gasteiger partial charge in [0.1, 0.15) is 5.75 Å². The number of carbonyl (C=O) groups is 1. The lowest BCUT2D eigenvalue weighted by Gasteiger charge is -2.45. The maximum absolute atomic E-state index is 12.6. The Morgan fingerprint density at radius 2 is 1.80 bits per heavy atom. The molecule has 0 saturated carbocycles. The molecule has 0 atom stereocenters. The lowest BCUT2D eigenvalue weighted by Crippen LogP contribution is -2.63. The number of piperidine rings is 1. The molecule has 2 heterocycles. The van der Waals surface area contributed by atoms with Gasteiger partial charge in [0, 0.05) is 32.6 Å². The number of hydrogen-bond acceptors (Lipinski definition) is 5. The highest BCUT2D eigenvalue weighted by atomic mass is 32.2. The normalized spacial score (nSPS) is 18.4. The SMILES string of the molecule is CCS(=O)(=O)N(CCN1CCCCC1)C1CN(C(=O)CCc2ccc(OC)cc2)C1. The van der Waals surface area contributed by atoms with Crippen LogP contribution in [0.3, 0.4) is 0 Å². The summed E-state index contributed by atoms with van der Waals surface area (Å²) in [5.41, 5.74) is 1.10. The van der Waals surface area contributed by atoms with Crippen LogP contribution in [0.25, 0.3) is 0 Å². The van der Waals surface area contributed by atoms with Gasteiger partial charge in [-0.3, -0.25) is 4.79 Å². The largest absolute Gasteiger partial charge is 0.497 e. The first-order valence-corrected chi connectivity index (χ1v) is 12.7. The van der Waals surface area contributed by atoms with Crippen LogP contribution in [0.15, 0.2) is 24.3 Å². The quantitative estimate of drug-likeness (QED) is 0.560. The molecule has 0 unspecified atom stereocenters. The maximum atomic E-state index is 12.6. The molecule has 1 aromatic rings. The van der Waals surface area contributed by atoms with Crippen LogP contribution in [0.2, 0.25) is 0 Å². The Bertz CT molecular complexity index is 785. The van der Waals surface area contributed by atoms with E-state index in [1.807, 2.05) is 24.3 Å². The topological polar surface area (TPSA) is 70.2 Å². The van der Waals surface area contributed by atoms with Crippen LogP contribution in [0.5, 0.6) is 5.75 Å². The summed E-state index contributed by atoms with van der Waals surface area (Å²) < 4.78 is 32.1. The van der Waals surface area contributed by atoms with Gasteiger partial charge >= 0.3 is 0 Å². The van der Waals surface area contributed by atoms with Gasteiger partial charge in [0.15, 0.2) is 0 Å². The van der Waals surface area contributed by atoms with E-state index in [-0.39, 0.29) is 17.7 Å². The number of amides is 1. The number of nitrogens with zero attached hydrogens (tertiary/aromatic N) is 3. The van der Waals surface area contributed by atoms with Crippen LogP contribution in [0.1, 0.15) is 38.2 Å². The molecule has 2 fully saturated rings. The number of aryl methyl sites for hydroxylation is 1. The van der Waals surface area contributed by atoms with Crippen molar-refractivity contribution in [2.75, 3.05) is 52.1 Å². The van der Waals surface area contributed by atoms with E-state index < -0.39 is 10.0 Å². The number of sulfonamides is 1. The Morgan fingerprint density at radius 3 is 2.40 bits per heavy atom. The minimum absolute atomic E-state index is 0.0898. The molecule has 0 aliphatic carbocycles. The Balaban J connectivity index is 1.48. The van der Waals surface area contributed by atoms with Gasteiger partial charge in [-0.2, -0.15) is 4.31 Å². The van der Waals surface area contributed by atoms with Gasteiger partial charge in [-0.15, -0.1) is 0 Å². The molecule has 0 bridgehead atoms. The van der Waals surface area contributed by atoms with E-state index in [0.717, 1.165) is 30.9 Å². The molecule has 3 rings (SSSR count). The van der Waals surface area contributed by atoms with Gasteiger partial charge in [0.05, 0.1) is 18.9 Å². The highest BCUT2D eigenvalue weighted by Crippen LogP contribution is 2.21. The van der Waals surface area contributed by atoms with Gasteiger partial charge in [-0.05, 0) is 57.0 Å². The predicted molar refractivity (Wildman–Crippen MR) is 118 cm³/mol. The number of carbonyl (C=O) groups excluding carboxylic acids is 1. The Morgan fingerprint density at radius 1 is 1.13 bits per heavy atom. The van der Waals surface area contributed by atoms with Crippen molar-refractivity contribution in [1.29, 1.82) is 0 Å². The number of methoxy groups -OCH3 is 1. The van der Waals surface area contributed by atoms with Crippen LogP contribution in [0.4, 0.5) is 0 Å². The first-order chi connectivity index (χ1) is 14.4. The molecule has 0 N–H and O–H groups in total. The van der Waals surface area contributed by atoms with Gasteiger partial charge < -0.3 is 14.5 Å². The summed E-state index contributed by atoms with van der Waals surface area (Å²) in [6, 6.07) is 7.65. The van der Waals surface area contributed by atoms with E-state index in [4.69, 9.17) is 4.74 Å². The van der Waals surface area contributed by atoms with Crippen LogP contribution in [-0.4, -0.2) is 86.6 Å². The molecule has 1 amide bonds. The van der Waals surface area contributed by atoms with Crippen LogP contribution < -0.4 is 4.74 Å². The first kappa shape index (κ1) is 23.0. The fourth-order valence-corrected chi connectivity index (χ4v) is 5.46. The third-order valence-electron chi connectivity index (χ3n) is 6.22. The van der Waals surface area contributed by atoms with Crippen LogP contribution in [0, 0.1) is 0 Å². The van der Waals surface area contributed by atoms with Crippen molar-refractivity contribution >= 4 is 15.9 Å². The highest BCUT2D eigenvalue weighted by Gasteiger charge is 2.39. The minimum Gasteiger partial charge on any atom is -0.497 e. The molecule has 2 aliphatic heterocycles. The summed E-state index contributed by atoms with van der Waals surface area (Å²) in [4.78, 5) is 16.7. The maximum Gasteiger partial charge on any atom is 0.223 e. The zero-order valence-electron chi connectivity index (χ0n) is 18.3. The highest BCUT2D eigenvalue weighted by molar-refractivity contribution is 7.89. The number of ether oxygens (including phenoxy) is 1. The zero-order valence-corrected chi connectivity index (χ0v) is 19.1. The second-order valence-corrected chi connectivity index (χ2v) is 10.4. The second-order valence-electron chi connectivity index (χ2n) is 8.21. The first-order valence-electron chi connectivity index (χ1n) is 11.1. The Labute approximate surface area is 181 Å². The fourth-order valence-electron chi connectivity index (χ4n) is 4.18. The van der Waals surface area contributed by atoms with Crippen molar-refractivity contribution in [3.05, 3.63) is 29.8 Å². The van der Waals surface area contributed by atoms with E-state index in [1.54, 1.807) is 23.2 Å². The predicted octanol–water partition coefficient (Wildman–Crippen LogP) is 1.98. The van der Waals surface area contributed by atoms with Crippen molar-refractivity contribution in [3.63, 3.8) is 0 Å². The summed E-state index contributed by atoms with van der Waals surface area (Å²) in [5.74, 6) is 0.999. The molecule has 8 heteroatoms. The minimum atomic E-state index is -3.28. The Hall–Kier alpha value is -1.64. The monoisotopic (exact) mass is 437 g/mol. The molecular formula is C22H35N3O4S. The van der Waals surface area contributed by atoms with Crippen molar-refractivity contribution in [2.45, 2.75) is 45.1 Å². The molecule has 2 aliphatic rings. The van der Waals surface area contributed by atoms with Gasteiger partial charge in [0.2, 0.25) is 15.9 Å². The molecule has 30 heavy (non-hydrogen) atoms. The smallest absolute Gasteiger partial charge is 0.223 e. The van der Waals surface area contributed by atoms with Crippen molar-refractivity contribution in [3.8, 4) is 5.75 Å². The van der Waals surface area contributed by atoms with Crippen LogP contribution >= 0.6 is 0 Å². The van der Waals surface area contributed by atoms with Crippen molar-refractivity contribution < 1.29 is 17.9 Å². The standard InChI is InChI=1S/C22H35N3O4S/c1-3-30(27,28)25(16-15-23-13-5-4-6-14-23)20-17-24(18-20)22(26)12-9-19-7-10-21(29-2)11-8-19/h7-8,10-11,20H,3-6,9,12-18H2,1-2H3. The van der Waals surface area contributed by atoms with E-state index in [2.05, 4.69) is 4.90 Å².